The van der Waals surface area contributed by atoms with Crippen molar-refractivity contribution in [2.24, 2.45) is 156 Å². The fourth-order valence-corrected chi connectivity index (χ4v) is 37.8. The molecule has 135 heavy (non-hydrogen) atoms. The van der Waals surface area contributed by atoms with Crippen molar-refractivity contribution in [2.45, 2.75) is 453 Å². The number of carbonyl (C=O) groups is 3. The van der Waals surface area contributed by atoms with Crippen molar-refractivity contribution in [1.82, 2.24) is 60.9 Å². The maximum atomic E-state index is 15.2. The minimum atomic E-state index is -0.831. The first kappa shape index (κ1) is 100. The van der Waals surface area contributed by atoms with E-state index in [2.05, 4.69) is 180 Å². The molecule has 3 aromatic heterocycles. The van der Waals surface area contributed by atoms with Crippen LogP contribution in [0.2, 0.25) is 0 Å². The van der Waals surface area contributed by atoms with Crippen molar-refractivity contribution in [2.75, 3.05) is 26.2 Å². The third-order valence-corrected chi connectivity index (χ3v) is 47.0. The quantitative estimate of drug-likeness (QED) is 0.0264. The summed E-state index contributed by atoms with van der Waals surface area (Å²) in [6.45, 7) is 55.1. The van der Waals surface area contributed by atoms with E-state index in [1.165, 1.54) is 38.5 Å². The van der Waals surface area contributed by atoms with E-state index in [1.807, 2.05) is 32.6 Å². The second-order valence-corrected chi connectivity index (χ2v) is 56.3. The van der Waals surface area contributed by atoms with Crippen LogP contribution >= 0.6 is 0 Å². The highest BCUT2D eigenvalue weighted by Gasteiger charge is 2.74. The Morgan fingerprint density at radius 3 is 0.874 bits per heavy atom. The van der Waals surface area contributed by atoms with Crippen molar-refractivity contribution in [3.63, 3.8) is 0 Å². The molecule has 3 amide bonds. The number of nitrogens with zero attached hydrogens (tertiary/aromatic N) is 9. The van der Waals surface area contributed by atoms with Gasteiger partial charge in [-0.25, -0.2) is 0 Å². The van der Waals surface area contributed by atoms with Gasteiger partial charge in [0.1, 0.15) is 0 Å². The fourth-order valence-electron chi connectivity index (χ4n) is 37.8. The summed E-state index contributed by atoms with van der Waals surface area (Å²) in [7, 11) is 0. The van der Waals surface area contributed by atoms with Crippen LogP contribution in [0, 0.1) is 156 Å². The van der Waals surface area contributed by atoms with Crippen LogP contribution in [0.5, 0.6) is 0 Å². The first-order valence-corrected chi connectivity index (χ1v) is 55.7. The third-order valence-electron chi connectivity index (χ3n) is 47.0. The Morgan fingerprint density at radius 2 is 0.607 bits per heavy atom. The molecule has 0 bridgehead atoms. The van der Waals surface area contributed by atoms with E-state index in [0.717, 1.165) is 248 Å². The molecule has 19 heteroatoms. The van der Waals surface area contributed by atoms with Crippen LogP contribution in [0.25, 0.3) is 0 Å². The summed E-state index contributed by atoms with van der Waals surface area (Å²) in [6.07, 6.45) is 55.5. The molecule has 19 nitrogen and oxygen atoms in total. The number of rotatable bonds is 28. The van der Waals surface area contributed by atoms with Crippen LogP contribution in [0.3, 0.4) is 0 Å². The minimum absolute atomic E-state index is 0.0387. The normalized spacial score (nSPS) is 42.0. The molecule has 0 aromatic carbocycles. The average molecular weight is 1860 g/mol. The molecule has 3 aromatic rings. The van der Waals surface area contributed by atoms with Gasteiger partial charge in [0.15, 0.2) is 0 Å². The molecule has 0 unspecified atom stereocenters. The Balaban J connectivity index is 0.501. The van der Waals surface area contributed by atoms with E-state index in [-0.39, 0.29) is 158 Å². The van der Waals surface area contributed by atoms with E-state index in [4.69, 9.17) is 30.9 Å². The summed E-state index contributed by atoms with van der Waals surface area (Å²) in [6, 6.07) is 0. The first-order valence-electron chi connectivity index (χ1n) is 55.7. The summed E-state index contributed by atoms with van der Waals surface area (Å²) < 4.78 is 5.67. The molecule has 15 aliphatic rings. The second-order valence-electron chi connectivity index (χ2n) is 56.3. The number of carbonyl (C=O) groups excluding carboxylic acids is 3. The molecule has 7 N–H and O–H groups in total. The Bertz CT molecular complexity index is 4490. The molecule has 752 valence electrons. The van der Waals surface area contributed by atoms with Crippen molar-refractivity contribution in [3.05, 3.63) is 70.6 Å². The number of hydrogen-bond donors (Lipinski definition) is 7. The van der Waals surface area contributed by atoms with E-state index in [1.54, 1.807) is 16.7 Å². The predicted octanol–water partition coefficient (Wildman–Crippen LogP) is 22.8. The van der Waals surface area contributed by atoms with Gasteiger partial charge in [0.05, 0.1) is 83.3 Å². The fraction of sp³-hybridized carbons (Fsp3) is 0.871. The molecule has 0 saturated heterocycles. The Kier molecular flexibility index (Phi) is 26.0. The van der Waals surface area contributed by atoms with Gasteiger partial charge in [0.2, 0.25) is 17.7 Å². The lowest BCUT2D eigenvalue weighted by atomic mass is 9.33. The van der Waals surface area contributed by atoms with Crippen molar-refractivity contribution in [3.8, 4) is 0 Å². The largest absolute Gasteiger partial charge is 0.396 e. The van der Waals surface area contributed by atoms with Gasteiger partial charge < -0.3 is 36.4 Å². The predicted molar refractivity (Wildman–Crippen MR) is 536 cm³/mol. The lowest BCUT2D eigenvalue weighted by molar-refractivity contribution is -0.203. The van der Waals surface area contributed by atoms with Gasteiger partial charge in [-0.3, -0.25) is 28.4 Å². The average Bonchev–Trinajstić information content (AvgIpc) is 1.56. The summed E-state index contributed by atoms with van der Waals surface area (Å²) in [4.78, 5) is 45.5. The summed E-state index contributed by atoms with van der Waals surface area (Å²) >= 11 is 0. The molecule has 24 atom stereocenters. The number of nitrogens with one attached hydrogen (secondary N) is 3. The van der Waals surface area contributed by atoms with Gasteiger partial charge >= 0.3 is 0 Å². The standard InChI is InChI=1S/C116H186N12O7/c1-98(2)52-58-114(61-55-107(16)80(83(114)67-98)34-37-89-104(13)46-43-92(130)101(7,8)86(104)40-49-110(89,107)19)95(133)117-64-28-22-25-31-77-70-126(123-120-77)73-113(76-129,74-127-71-78(121-124-127)32-26-23-29-65-118-96(134)115-59-53-99(3,4)68-84(115)81-35-38-90-105(14)47-44-93(131)102(9,10)87(105)41-50-111(90,20)108(81,17)56-62-115)75-128-72-79(122-125-128)33-27-24-30-66-119-97(135)116-60-54-100(5,6)69-85(116)82-36-39-91-106(15)48-45-94(132)103(11,12)88(106)42-51-112(91,21)109(82,18)57-63-116/h34-36,70-72,83-94,129-132H,22-33,37-69,73-76H2,1-21H3,(H,117,133)(H,118,134)(H,119,135)/t83-,84-,85-,86-,87-,88-,89+,90+,91+,92-,93-,94-,104-,105-,106-,107+,108+,109+,110+,111+,112+,114-,115-,116-/m0/s1. The van der Waals surface area contributed by atoms with Crippen LogP contribution in [0.4, 0.5) is 0 Å². The number of aromatic nitrogens is 9. The van der Waals surface area contributed by atoms with E-state index in [9.17, 15) is 20.4 Å². The van der Waals surface area contributed by atoms with Gasteiger partial charge in [-0.1, -0.05) is 215 Å². The number of unbranched alkanes of at least 4 members (excludes halogenated alkanes) is 6. The SMILES string of the molecule is CC1(C)CC[C@]2(C(=O)NCCCCCc3cn(CC(CO)(Cn4cc(CCCCCNC(=O)[C@]56CCC(C)(C)C[C@H]5C5=CC[C@@H]7[C@@]8(C)CC[C@H](O)C(C)(C)[C@@H]8CC[C@@]7(C)[C@]5(C)CC6)nn4)Cn4cc(CCCCCNC(=O)[C@]56CCC(C)(C)C[C@H]5C5=CC[C@@H]7[C@@]8(C)CC[C@H](O)C(C)(C)[C@@H]8CC[C@@]7(C)[C@]5(C)CC6)nn4)nn3)CC[C@]3(C)C(=CC[C@@H]4[C@@]5(C)CC[C@H](O)C(C)(C)[C@@H]5CC[C@]43C)[C@@H]2C1. The number of fused-ring (bicyclic) bond motifs is 21. The maximum Gasteiger partial charge on any atom is 0.226 e. The number of aliphatic hydroxyl groups is 4. The molecule has 3 heterocycles. The highest BCUT2D eigenvalue weighted by Crippen LogP contribution is 2.81. The summed E-state index contributed by atoms with van der Waals surface area (Å²) in [5.41, 5.74) is 6.86. The molecular formula is C116H186N12O7. The summed E-state index contributed by atoms with van der Waals surface area (Å²) in [5.74, 6) is 4.78. The van der Waals surface area contributed by atoms with Crippen molar-refractivity contribution < 1.29 is 34.8 Å². The molecule has 15 aliphatic carbocycles. The van der Waals surface area contributed by atoms with E-state index in [0.29, 0.717) is 74.8 Å². The highest BCUT2D eigenvalue weighted by atomic mass is 16.3. The van der Waals surface area contributed by atoms with Gasteiger partial charge in [-0.2, -0.15) is 0 Å². The van der Waals surface area contributed by atoms with Gasteiger partial charge in [0, 0.05) is 38.2 Å². The molecular weight excluding hydrogens is 1670 g/mol. The maximum absolute atomic E-state index is 15.2. The zero-order valence-corrected chi connectivity index (χ0v) is 88.6. The topological polar surface area (TPSA) is 260 Å². The van der Waals surface area contributed by atoms with Crippen LogP contribution in [0.1, 0.15) is 413 Å². The third kappa shape index (κ3) is 16.2. The van der Waals surface area contributed by atoms with Crippen LogP contribution < -0.4 is 16.0 Å². The molecule has 0 radical (unpaired) electrons. The molecule has 12 saturated carbocycles. The van der Waals surface area contributed by atoms with E-state index < -0.39 is 5.41 Å². The Hall–Kier alpha value is -5.11. The van der Waals surface area contributed by atoms with Gasteiger partial charge in [-0.15, -0.1) is 15.3 Å². The number of amides is 3. The smallest absolute Gasteiger partial charge is 0.226 e. The van der Waals surface area contributed by atoms with Crippen molar-refractivity contribution >= 4 is 17.7 Å². The summed E-state index contributed by atoms with van der Waals surface area (Å²) in [5, 5.41) is 85.3. The van der Waals surface area contributed by atoms with Gasteiger partial charge in [-0.05, 0) is 385 Å². The Morgan fingerprint density at radius 1 is 0.341 bits per heavy atom. The number of aliphatic hydroxyl groups excluding tert-OH is 4. The van der Waals surface area contributed by atoms with Crippen LogP contribution in [0.15, 0.2) is 53.5 Å². The monoisotopic (exact) mass is 1860 g/mol. The second kappa shape index (κ2) is 35.2. The lowest BCUT2D eigenvalue weighted by Gasteiger charge is -2.71. The van der Waals surface area contributed by atoms with Crippen molar-refractivity contribution in [1.29, 1.82) is 0 Å². The van der Waals surface area contributed by atoms with E-state index >= 15 is 14.4 Å². The highest BCUT2D eigenvalue weighted by molar-refractivity contribution is 5.85. The number of allylic oxidation sites excluding steroid dienone is 6. The lowest BCUT2D eigenvalue weighted by Crippen LogP contribution is -2.65. The zero-order chi connectivity index (χ0) is 96.6. The Labute approximate surface area is 814 Å². The molecule has 18 rings (SSSR count). The van der Waals surface area contributed by atoms with Crippen LogP contribution in [-0.2, 0) is 53.3 Å². The number of hydrogen-bond acceptors (Lipinski definition) is 13. The zero-order valence-electron chi connectivity index (χ0n) is 88.6. The first-order chi connectivity index (χ1) is 63.4. The van der Waals surface area contributed by atoms with Gasteiger partial charge in [0.25, 0.3) is 0 Å². The molecule has 0 aliphatic heterocycles. The molecule has 12 fully saturated rings. The number of aryl methyl sites for hydroxylation is 3. The molecule has 0 spiro atoms. The minimum Gasteiger partial charge on any atom is -0.396 e. The van der Waals surface area contributed by atoms with Crippen LogP contribution in [-0.4, -0.2) is 128 Å².